The zero-order valence-electron chi connectivity index (χ0n) is 11.1. The van der Waals surface area contributed by atoms with Gasteiger partial charge in [-0.15, -0.1) is 0 Å². The van der Waals surface area contributed by atoms with E-state index in [1.165, 1.54) is 7.11 Å². The lowest BCUT2D eigenvalue weighted by molar-refractivity contribution is 0.0600. The van der Waals surface area contributed by atoms with Crippen molar-refractivity contribution < 1.29 is 9.53 Å². The van der Waals surface area contributed by atoms with Crippen LogP contribution < -0.4 is 5.32 Å². The van der Waals surface area contributed by atoms with E-state index in [1.807, 2.05) is 24.3 Å². The minimum atomic E-state index is -0.350. The Bertz CT molecular complexity index is 677. The van der Waals surface area contributed by atoms with Gasteiger partial charge in [0.05, 0.1) is 17.7 Å². The van der Waals surface area contributed by atoms with E-state index < -0.39 is 0 Å². The van der Waals surface area contributed by atoms with Crippen molar-refractivity contribution in [2.75, 3.05) is 12.4 Å². The Labute approximate surface area is 144 Å². The number of hydrogen-bond donors (Lipinski definition) is 1. The first-order valence-corrected chi connectivity index (χ1v) is 8.03. The minimum Gasteiger partial charge on any atom is -0.465 e. The maximum Gasteiger partial charge on any atom is 0.337 e. The summed E-state index contributed by atoms with van der Waals surface area (Å²) < 4.78 is 6.39. The molecule has 0 atom stereocenters. The monoisotopic (exact) mass is 431 g/mol. The molecule has 2 aromatic rings. The van der Waals surface area contributed by atoms with Gasteiger partial charge in [0.25, 0.3) is 0 Å². The van der Waals surface area contributed by atoms with E-state index in [4.69, 9.17) is 16.3 Å². The molecule has 3 nitrogen and oxygen atoms in total. The van der Waals surface area contributed by atoms with Crippen molar-refractivity contribution in [1.82, 2.24) is 0 Å². The zero-order chi connectivity index (χ0) is 15.4. The molecule has 0 heterocycles. The Morgan fingerprint density at radius 2 is 1.95 bits per heavy atom. The number of methoxy groups -OCH3 is 1. The van der Waals surface area contributed by atoms with Gasteiger partial charge in [0.2, 0.25) is 0 Å². The quantitative estimate of drug-likeness (QED) is 0.668. The van der Waals surface area contributed by atoms with Crippen molar-refractivity contribution in [1.29, 1.82) is 0 Å². The number of halogens is 3. The number of ether oxygens (including phenoxy) is 1. The van der Waals surface area contributed by atoms with Crippen molar-refractivity contribution in [2.45, 2.75) is 6.54 Å². The Kier molecular flexibility index (Phi) is 5.67. The summed E-state index contributed by atoms with van der Waals surface area (Å²) in [6.07, 6.45) is 0. The summed E-state index contributed by atoms with van der Waals surface area (Å²) in [6, 6.07) is 11.0. The molecule has 0 spiro atoms. The highest BCUT2D eigenvalue weighted by Crippen LogP contribution is 2.26. The van der Waals surface area contributed by atoms with Crippen LogP contribution in [0.25, 0.3) is 0 Å². The highest BCUT2D eigenvalue weighted by atomic mass is 79.9. The lowest BCUT2D eigenvalue weighted by Gasteiger charge is -2.10. The number of rotatable bonds is 4. The summed E-state index contributed by atoms with van der Waals surface area (Å²) >= 11 is 12.8. The van der Waals surface area contributed by atoms with Crippen molar-refractivity contribution in [3.05, 3.63) is 61.5 Å². The smallest absolute Gasteiger partial charge is 0.337 e. The molecule has 0 amide bonds. The summed E-state index contributed by atoms with van der Waals surface area (Å²) in [4.78, 5) is 11.4. The Morgan fingerprint density at radius 1 is 1.19 bits per heavy atom. The molecular formula is C15H12Br2ClNO2. The van der Waals surface area contributed by atoms with Crippen LogP contribution in [0.5, 0.6) is 0 Å². The van der Waals surface area contributed by atoms with Crippen LogP contribution in [-0.2, 0) is 11.3 Å². The lowest BCUT2D eigenvalue weighted by Crippen LogP contribution is -2.04. The van der Waals surface area contributed by atoms with Crippen LogP contribution >= 0.6 is 43.5 Å². The predicted molar refractivity (Wildman–Crippen MR) is 92.0 cm³/mol. The molecule has 0 aliphatic carbocycles. The molecular weight excluding hydrogens is 421 g/mol. The van der Waals surface area contributed by atoms with Gasteiger partial charge in [0.15, 0.2) is 0 Å². The van der Waals surface area contributed by atoms with Crippen molar-refractivity contribution in [3.8, 4) is 0 Å². The average Bonchev–Trinajstić information content (AvgIpc) is 2.48. The fourth-order valence-electron chi connectivity index (χ4n) is 1.74. The molecule has 0 aliphatic rings. The maximum atomic E-state index is 11.4. The standard InChI is InChI=1S/C15H12Br2ClNO2/c1-21-15(20)9-2-3-10(12(16)6-9)8-19-11-4-5-14(18)13(17)7-11/h2-7,19H,8H2,1H3. The molecule has 0 aliphatic heterocycles. The second-order valence-electron chi connectivity index (χ2n) is 4.28. The summed E-state index contributed by atoms with van der Waals surface area (Å²) in [5.74, 6) is -0.350. The normalized spacial score (nSPS) is 10.3. The molecule has 0 fully saturated rings. The molecule has 2 aromatic carbocycles. The second kappa shape index (κ2) is 7.29. The van der Waals surface area contributed by atoms with Crippen LogP contribution in [0.2, 0.25) is 5.02 Å². The van der Waals surface area contributed by atoms with Crippen LogP contribution in [0.3, 0.4) is 0 Å². The van der Waals surface area contributed by atoms with E-state index in [9.17, 15) is 4.79 Å². The van der Waals surface area contributed by atoms with Crippen LogP contribution in [0.15, 0.2) is 45.3 Å². The third-order valence-electron chi connectivity index (χ3n) is 2.88. The van der Waals surface area contributed by atoms with Gasteiger partial charge in [-0.3, -0.25) is 0 Å². The van der Waals surface area contributed by atoms with Crippen molar-refractivity contribution in [3.63, 3.8) is 0 Å². The summed E-state index contributed by atoms with van der Waals surface area (Å²) in [5.41, 5.74) is 2.51. The Balaban J connectivity index is 2.09. The molecule has 110 valence electrons. The number of benzene rings is 2. The van der Waals surface area contributed by atoms with Crippen LogP contribution in [0.1, 0.15) is 15.9 Å². The number of anilines is 1. The zero-order valence-corrected chi connectivity index (χ0v) is 15.0. The van der Waals surface area contributed by atoms with Gasteiger partial charge in [-0.1, -0.05) is 33.6 Å². The van der Waals surface area contributed by atoms with Crippen LogP contribution in [0.4, 0.5) is 5.69 Å². The lowest BCUT2D eigenvalue weighted by atomic mass is 10.1. The molecule has 21 heavy (non-hydrogen) atoms. The van der Waals surface area contributed by atoms with Gasteiger partial charge in [0, 0.05) is 21.2 Å². The van der Waals surface area contributed by atoms with Crippen LogP contribution in [0, 0.1) is 0 Å². The molecule has 0 radical (unpaired) electrons. The van der Waals surface area contributed by atoms with Gasteiger partial charge in [-0.2, -0.15) is 0 Å². The number of carbonyl (C=O) groups is 1. The highest BCUT2D eigenvalue weighted by molar-refractivity contribution is 9.10. The highest BCUT2D eigenvalue weighted by Gasteiger charge is 2.08. The van der Waals surface area contributed by atoms with Crippen molar-refractivity contribution >= 4 is 55.1 Å². The van der Waals surface area contributed by atoms with E-state index in [2.05, 4.69) is 37.2 Å². The average molecular weight is 434 g/mol. The fraction of sp³-hybridized carbons (Fsp3) is 0.133. The number of carbonyl (C=O) groups excluding carboxylic acids is 1. The molecule has 0 bridgehead atoms. The molecule has 0 saturated carbocycles. The summed E-state index contributed by atoms with van der Waals surface area (Å²) in [6.45, 7) is 0.621. The first kappa shape index (κ1) is 16.3. The van der Waals surface area contributed by atoms with Gasteiger partial charge < -0.3 is 10.1 Å². The van der Waals surface area contributed by atoms with E-state index in [-0.39, 0.29) is 5.97 Å². The van der Waals surface area contributed by atoms with E-state index >= 15 is 0 Å². The van der Waals surface area contributed by atoms with E-state index in [0.717, 1.165) is 20.2 Å². The molecule has 0 unspecified atom stereocenters. The number of nitrogens with one attached hydrogen (secondary N) is 1. The largest absolute Gasteiger partial charge is 0.465 e. The Hall–Kier alpha value is -1.04. The molecule has 6 heteroatoms. The first-order chi connectivity index (χ1) is 10.0. The second-order valence-corrected chi connectivity index (χ2v) is 6.40. The third kappa shape index (κ3) is 4.22. The number of hydrogen-bond acceptors (Lipinski definition) is 3. The molecule has 1 N–H and O–H groups in total. The fourth-order valence-corrected chi connectivity index (χ4v) is 2.75. The molecule has 2 rings (SSSR count). The van der Waals surface area contributed by atoms with Crippen molar-refractivity contribution in [2.24, 2.45) is 0 Å². The summed E-state index contributed by atoms with van der Waals surface area (Å²) in [7, 11) is 1.37. The Morgan fingerprint density at radius 3 is 2.57 bits per heavy atom. The van der Waals surface area contributed by atoms with Gasteiger partial charge in [-0.05, 0) is 51.8 Å². The summed E-state index contributed by atoms with van der Waals surface area (Å²) in [5, 5.41) is 3.97. The molecule has 0 saturated heterocycles. The SMILES string of the molecule is COC(=O)c1ccc(CNc2ccc(Cl)c(Br)c2)c(Br)c1. The van der Waals surface area contributed by atoms with Gasteiger partial charge in [0.1, 0.15) is 0 Å². The van der Waals surface area contributed by atoms with E-state index in [0.29, 0.717) is 17.1 Å². The molecule has 0 aromatic heterocycles. The number of esters is 1. The minimum absolute atomic E-state index is 0.350. The third-order valence-corrected chi connectivity index (χ3v) is 4.83. The van der Waals surface area contributed by atoms with Gasteiger partial charge in [-0.25, -0.2) is 4.79 Å². The predicted octanol–water partition coefficient (Wildman–Crippen LogP) is 5.26. The maximum absolute atomic E-state index is 11.4. The van der Waals surface area contributed by atoms with E-state index in [1.54, 1.807) is 12.1 Å². The van der Waals surface area contributed by atoms with Gasteiger partial charge >= 0.3 is 5.97 Å². The first-order valence-electron chi connectivity index (χ1n) is 6.07. The van der Waals surface area contributed by atoms with Crippen LogP contribution in [-0.4, -0.2) is 13.1 Å². The topological polar surface area (TPSA) is 38.3 Å².